The molecular weight excluding hydrogens is 210 g/mol. The molecule has 2 nitrogen and oxygen atoms in total. The lowest BCUT2D eigenvalue weighted by molar-refractivity contribution is -0.124. The second-order valence-electron chi connectivity index (χ2n) is 7.26. The van der Waals surface area contributed by atoms with Crippen molar-refractivity contribution in [2.45, 2.75) is 63.1 Å². The van der Waals surface area contributed by atoms with Gasteiger partial charge >= 0.3 is 0 Å². The summed E-state index contributed by atoms with van der Waals surface area (Å²) in [6, 6.07) is 2.22. The fraction of sp³-hybridized carbons (Fsp3) is 0.933. The number of nitrogens with zero attached hydrogens (tertiary/aromatic N) is 1. The van der Waals surface area contributed by atoms with Gasteiger partial charge in [0.05, 0.1) is 0 Å². The van der Waals surface area contributed by atoms with E-state index >= 15 is 0 Å². The highest BCUT2D eigenvalue weighted by Gasteiger charge is 2.68. The summed E-state index contributed by atoms with van der Waals surface area (Å²) in [6.07, 6.45) is 8.95. The molecule has 3 aliphatic carbocycles. The summed E-state index contributed by atoms with van der Waals surface area (Å²) >= 11 is 0. The van der Waals surface area contributed by atoms with E-state index in [2.05, 4.69) is 4.90 Å². The molecule has 0 aromatic carbocycles. The number of carbonyl (C=O) groups excluding carboxylic acids is 1. The van der Waals surface area contributed by atoms with Gasteiger partial charge in [0, 0.05) is 31.0 Å². The minimum absolute atomic E-state index is 0.544. The van der Waals surface area contributed by atoms with Crippen LogP contribution in [0.2, 0.25) is 0 Å². The Morgan fingerprint density at radius 2 is 1.47 bits per heavy atom. The number of rotatable bonds is 1. The van der Waals surface area contributed by atoms with Gasteiger partial charge in [0.2, 0.25) is 0 Å². The van der Waals surface area contributed by atoms with Gasteiger partial charge in [0.25, 0.3) is 0 Å². The van der Waals surface area contributed by atoms with Gasteiger partial charge in [-0.1, -0.05) is 0 Å². The van der Waals surface area contributed by atoms with Crippen LogP contribution in [0.5, 0.6) is 0 Å². The molecule has 5 fully saturated rings. The molecule has 2 saturated heterocycles. The Bertz CT molecular complexity index is 360. The molecule has 5 aliphatic rings. The monoisotopic (exact) mass is 231 g/mol. The molecule has 0 spiro atoms. The van der Waals surface area contributed by atoms with Crippen LogP contribution in [0.4, 0.5) is 0 Å². The molecule has 0 aromatic rings. The zero-order valence-corrected chi connectivity index (χ0v) is 10.3. The Morgan fingerprint density at radius 3 is 2.06 bits per heavy atom. The van der Waals surface area contributed by atoms with Crippen molar-refractivity contribution in [1.29, 1.82) is 0 Å². The molecule has 17 heavy (non-hydrogen) atoms. The first-order valence-electron chi connectivity index (χ1n) is 7.62. The molecule has 6 atom stereocenters. The van der Waals surface area contributed by atoms with Crippen LogP contribution in [0.3, 0.4) is 0 Å². The molecule has 0 radical (unpaired) electrons. The van der Waals surface area contributed by atoms with E-state index in [9.17, 15) is 4.79 Å². The summed E-state index contributed by atoms with van der Waals surface area (Å²) in [5, 5.41) is 0. The van der Waals surface area contributed by atoms with Gasteiger partial charge in [-0.2, -0.15) is 0 Å². The highest BCUT2D eigenvalue weighted by atomic mass is 16.1. The minimum atomic E-state index is 0.544. The van der Waals surface area contributed by atoms with Gasteiger partial charge in [-0.25, -0.2) is 0 Å². The second kappa shape index (κ2) is 2.96. The normalized spacial score (nSPS) is 59.8. The zero-order valence-electron chi connectivity index (χ0n) is 10.3. The Labute approximate surface area is 103 Å². The molecule has 2 heteroatoms. The first-order valence-corrected chi connectivity index (χ1v) is 7.62. The summed E-state index contributed by atoms with van der Waals surface area (Å²) in [6.45, 7) is 0. The summed E-state index contributed by atoms with van der Waals surface area (Å²) in [7, 11) is 0. The Morgan fingerprint density at radius 1 is 0.882 bits per heavy atom. The lowest BCUT2D eigenvalue weighted by Crippen LogP contribution is -2.46. The average Bonchev–Trinajstić information content (AvgIpc) is 2.64. The number of hydrogen-bond acceptors (Lipinski definition) is 2. The van der Waals surface area contributed by atoms with Crippen LogP contribution in [0.25, 0.3) is 0 Å². The van der Waals surface area contributed by atoms with Gasteiger partial charge in [0.15, 0.2) is 0 Å². The van der Waals surface area contributed by atoms with Gasteiger partial charge < -0.3 is 0 Å². The van der Waals surface area contributed by atoms with E-state index in [1.807, 2.05) is 0 Å². The van der Waals surface area contributed by atoms with E-state index in [-0.39, 0.29) is 0 Å². The van der Waals surface area contributed by atoms with Crippen LogP contribution in [0.1, 0.15) is 44.9 Å². The second-order valence-corrected chi connectivity index (χ2v) is 7.26. The Balaban J connectivity index is 1.43. The van der Waals surface area contributed by atoms with Gasteiger partial charge in [-0.3, -0.25) is 9.69 Å². The number of hydrogen-bond donors (Lipinski definition) is 0. The number of carbonyl (C=O) groups is 1. The van der Waals surface area contributed by atoms with E-state index in [1.54, 1.807) is 6.42 Å². The van der Waals surface area contributed by atoms with Crippen molar-refractivity contribution < 1.29 is 4.79 Å². The lowest BCUT2D eigenvalue weighted by Gasteiger charge is -2.36. The summed E-state index contributed by atoms with van der Waals surface area (Å²) in [5.74, 6) is 4.82. The van der Waals surface area contributed by atoms with Crippen molar-refractivity contribution in [2.75, 3.05) is 0 Å². The molecule has 5 rings (SSSR count). The third-order valence-corrected chi connectivity index (χ3v) is 6.64. The largest absolute Gasteiger partial charge is 0.300 e. The van der Waals surface area contributed by atoms with E-state index in [1.165, 1.54) is 25.7 Å². The Kier molecular flexibility index (Phi) is 1.66. The fourth-order valence-corrected chi connectivity index (χ4v) is 6.17. The van der Waals surface area contributed by atoms with Crippen LogP contribution in [0, 0.1) is 23.7 Å². The lowest BCUT2D eigenvalue weighted by atomic mass is 9.98. The molecule has 4 bridgehead atoms. The third kappa shape index (κ3) is 1.09. The maximum atomic E-state index is 11.7. The van der Waals surface area contributed by atoms with Crippen molar-refractivity contribution in [1.82, 2.24) is 4.90 Å². The van der Waals surface area contributed by atoms with Crippen molar-refractivity contribution in [2.24, 2.45) is 23.7 Å². The topological polar surface area (TPSA) is 20.3 Å². The predicted molar refractivity (Wildman–Crippen MR) is 64.5 cm³/mol. The van der Waals surface area contributed by atoms with Crippen LogP contribution < -0.4 is 0 Å². The summed E-state index contributed by atoms with van der Waals surface area (Å²) in [5.41, 5.74) is 0. The third-order valence-electron chi connectivity index (χ3n) is 6.64. The highest BCUT2D eigenvalue weighted by molar-refractivity contribution is 5.81. The average molecular weight is 231 g/mol. The number of piperidine rings is 1. The van der Waals surface area contributed by atoms with Crippen LogP contribution >= 0.6 is 0 Å². The smallest absolute Gasteiger partial charge is 0.136 e. The maximum absolute atomic E-state index is 11.7. The predicted octanol–water partition coefficient (Wildman–Crippen LogP) is 2.23. The van der Waals surface area contributed by atoms with Crippen LogP contribution in [0.15, 0.2) is 0 Å². The zero-order chi connectivity index (χ0) is 11.1. The molecule has 3 saturated carbocycles. The standard InChI is InChI=1S/C15H21NO/c17-12-6-10-3-4-11(7-12)16(10)15-13-8-1-2-9(5-8)14(13)15/h8-11,13-15H,1-7H2. The molecular formula is C15H21NO. The van der Waals surface area contributed by atoms with E-state index in [4.69, 9.17) is 0 Å². The van der Waals surface area contributed by atoms with Gasteiger partial charge in [0.1, 0.15) is 5.78 Å². The molecule has 0 N–H and O–H groups in total. The Hall–Kier alpha value is -0.370. The molecule has 0 aromatic heterocycles. The first kappa shape index (κ1) is 9.55. The number of ketones is 1. The van der Waals surface area contributed by atoms with E-state index in [0.29, 0.717) is 17.9 Å². The van der Waals surface area contributed by atoms with Gasteiger partial charge in [-0.15, -0.1) is 0 Å². The van der Waals surface area contributed by atoms with E-state index in [0.717, 1.165) is 42.6 Å². The molecule has 92 valence electrons. The fourth-order valence-electron chi connectivity index (χ4n) is 6.17. The molecule has 6 unspecified atom stereocenters. The van der Waals surface area contributed by atoms with Crippen molar-refractivity contribution in [3.8, 4) is 0 Å². The maximum Gasteiger partial charge on any atom is 0.136 e. The van der Waals surface area contributed by atoms with E-state index < -0.39 is 0 Å². The quantitative estimate of drug-likeness (QED) is 0.689. The van der Waals surface area contributed by atoms with Crippen molar-refractivity contribution >= 4 is 5.78 Å². The molecule has 2 aliphatic heterocycles. The molecule has 2 heterocycles. The SMILES string of the molecule is O=C1CC2CCC(C1)N2C1C2C3CCC(C3)C21. The van der Waals surface area contributed by atoms with Crippen LogP contribution in [-0.4, -0.2) is 28.8 Å². The first-order chi connectivity index (χ1) is 8.33. The van der Waals surface area contributed by atoms with Gasteiger partial charge in [-0.05, 0) is 55.8 Å². The van der Waals surface area contributed by atoms with Crippen LogP contribution in [-0.2, 0) is 4.79 Å². The number of Topliss-reactive ketones (excluding diaryl/α,β-unsaturated/α-hetero) is 1. The summed E-state index contributed by atoms with van der Waals surface area (Å²) in [4.78, 5) is 14.5. The number of fused-ring (bicyclic) bond motifs is 7. The molecule has 0 amide bonds. The summed E-state index contributed by atoms with van der Waals surface area (Å²) < 4.78 is 0. The minimum Gasteiger partial charge on any atom is -0.300 e. The van der Waals surface area contributed by atoms with Crippen molar-refractivity contribution in [3.05, 3.63) is 0 Å². The van der Waals surface area contributed by atoms with Crippen molar-refractivity contribution in [3.63, 3.8) is 0 Å². The highest BCUT2D eigenvalue weighted by Crippen LogP contribution is 2.68.